The highest BCUT2D eigenvalue weighted by molar-refractivity contribution is 5.92. The molecule has 1 amide bonds. The molecule has 0 unspecified atom stereocenters. The first-order valence-electron chi connectivity index (χ1n) is 5.56. The lowest BCUT2D eigenvalue weighted by molar-refractivity contribution is 0.0847. The molecular weight excluding hydrogens is 206 g/mol. The van der Waals surface area contributed by atoms with Crippen LogP contribution in [0.1, 0.15) is 37.2 Å². The van der Waals surface area contributed by atoms with Gasteiger partial charge < -0.3 is 10.4 Å². The van der Waals surface area contributed by atoms with Crippen molar-refractivity contribution in [2.75, 3.05) is 13.2 Å². The summed E-state index contributed by atoms with van der Waals surface area (Å²) in [6, 6.07) is 1.62. The van der Waals surface area contributed by atoms with Gasteiger partial charge in [0.15, 0.2) is 0 Å². The number of hydrogen-bond acceptors (Lipinski definition) is 3. The highest BCUT2D eigenvalue weighted by atomic mass is 16.3. The summed E-state index contributed by atoms with van der Waals surface area (Å²) in [4.78, 5) is 11.6. The van der Waals surface area contributed by atoms with Gasteiger partial charge in [-0.05, 0) is 18.9 Å². The van der Waals surface area contributed by atoms with E-state index in [0.29, 0.717) is 12.2 Å². The Labute approximate surface area is 95.3 Å². The number of hydrogen-bond donors (Lipinski definition) is 3. The fourth-order valence-electron chi connectivity index (χ4n) is 1.52. The summed E-state index contributed by atoms with van der Waals surface area (Å²) in [6.07, 6.45) is 3.21. The number of carbonyl (C=O) groups excluding carboxylic acids is 1. The maximum Gasteiger partial charge on any atom is 0.269 e. The molecule has 1 heterocycles. The Kier molecular flexibility index (Phi) is 4.49. The molecule has 16 heavy (non-hydrogen) atoms. The normalized spacial score (nSPS) is 11.4. The molecule has 0 aliphatic carbocycles. The molecule has 0 radical (unpaired) electrons. The summed E-state index contributed by atoms with van der Waals surface area (Å²) in [6.45, 7) is 4.60. The van der Waals surface area contributed by atoms with Crippen LogP contribution in [0.25, 0.3) is 0 Å². The van der Waals surface area contributed by atoms with Crippen molar-refractivity contribution in [3.05, 3.63) is 18.0 Å². The van der Waals surface area contributed by atoms with Crippen LogP contribution >= 0.6 is 0 Å². The first-order valence-corrected chi connectivity index (χ1v) is 5.56. The van der Waals surface area contributed by atoms with Gasteiger partial charge in [0, 0.05) is 18.2 Å². The van der Waals surface area contributed by atoms with Gasteiger partial charge in [-0.1, -0.05) is 13.8 Å². The number of aromatic amines is 1. The Morgan fingerprint density at radius 1 is 1.56 bits per heavy atom. The summed E-state index contributed by atoms with van der Waals surface area (Å²) in [7, 11) is 0. The molecule has 0 saturated carbocycles. The molecule has 1 aromatic heterocycles. The van der Waals surface area contributed by atoms with E-state index in [9.17, 15) is 9.90 Å². The molecule has 0 aromatic carbocycles. The number of carbonyl (C=O) groups is 1. The topological polar surface area (TPSA) is 78.0 Å². The standard InChI is InChI=1S/C11H19N3O2/c1-3-11(4-2,8-15)7-12-10(16)9-5-6-13-14-9/h5-6,15H,3-4,7-8H2,1-2H3,(H,12,16)(H,13,14). The van der Waals surface area contributed by atoms with Crippen molar-refractivity contribution < 1.29 is 9.90 Å². The van der Waals surface area contributed by atoms with E-state index >= 15 is 0 Å². The van der Waals surface area contributed by atoms with E-state index < -0.39 is 0 Å². The maximum absolute atomic E-state index is 11.6. The van der Waals surface area contributed by atoms with Crippen LogP contribution in [-0.2, 0) is 0 Å². The van der Waals surface area contributed by atoms with Gasteiger partial charge in [-0.2, -0.15) is 5.10 Å². The summed E-state index contributed by atoms with van der Waals surface area (Å²) >= 11 is 0. The zero-order valence-electron chi connectivity index (χ0n) is 9.79. The van der Waals surface area contributed by atoms with Crippen LogP contribution in [0.4, 0.5) is 0 Å². The Morgan fingerprint density at radius 3 is 2.69 bits per heavy atom. The number of amides is 1. The lowest BCUT2D eigenvalue weighted by atomic mass is 9.83. The molecule has 0 atom stereocenters. The van der Waals surface area contributed by atoms with Crippen molar-refractivity contribution >= 4 is 5.91 Å². The van der Waals surface area contributed by atoms with Crippen molar-refractivity contribution in [3.63, 3.8) is 0 Å². The van der Waals surface area contributed by atoms with Crippen LogP contribution in [0, 0.1) is 5.41 Å². The van der Waals surface area contributed by atoms with Gasteiger partial charge in [0.2, 0.25) is 0 Å². The molecule has 3 N–H and O–H groups in total. The molecule has 0 bridgehead atoms. The van der Waals surface area contributed by atoms with Crippen LogP contribution in [0.15, 0.2) is 12.3 Å². The Balaban J connectivity index is 2.53. The van der Waals surface area contributed by atoms with Crippen molar-refractivity contribution in [2.45, 2.75) is 26.7 Å². The largest absolute Gasteiger partial charge is 0.396 e. The van der Waals surface area contributed by atoms with Gasteiger partial charge in [0.1, 0.15) is 5.69 Å². The molecule has 1 rings (SSSR count). The van der Waals surface area contributed by atoms with Crippen LogP contribution in [0.3, 0.4) is 0 Å². The van der Waals surface area contributed by atoms with Crippen molar-refractivity contribution in [1.29, 1.82) is 0 Å². The summed E-state index contributed by atoms with van der Waals surface area (Å²) < 4.78 is 0. The number of aliphatic hydroxyl groups is 1. The predicted octanol–water partition coefficient (Wildman–Crippen LogP) is 0.938. The molecule has 90 valence electrons. The minimum atomic E-state index is -0.213. The smallest absolute Gasteiger partial charge is 0.269 e. The zero-order chi connectivity index (χ0) is 12.0. The third kappa shape index (κ3) is 2.82. The second-order valence-electron chi connectivity index (χ2n) is 4.02. The highest BCUT2D eigenvalue weighted by Crippen LogP contribution is 2.24. The Bertz CT molecular complexity index is 310. The number of aromatic nitrogens is 2. The van der Waals surface area contributed by atoms with E-state index in [1.54, 1.807) is 6.07 Å². The van der Waals surface area contributed by atoms with Crippen molar-refractivity contribution in [3.8, 4) is 0 Å². The summed E-state index contributed by atoms with van der Waals surface area (Å²) in [5, 5.41) is 18.5. The highest BCUT2D eigenvalue weighted by Gasteiger charge is 2.26. The molecule has 0 fully saturated rings. The molecule has 5 heteroatoms. The van der Waals surface area contributed by atoms with Gasteiger partial charge in [0.05, 0.1) is 6.61 Å². The van der Waals surface area contributed by atoms with E-state index in [4.69, 9.17) is 0 Å². The molecule has 0 saturated heterocycles. The van der Waals surface area contributed by atoms with E-state index in [-0.39, 0.29) is 17.9 Å². The van der Waals surface area contributed by atoms with E-state index in [1.807, 2.05) is 13.8 Å². The van der Waals surface area contributed by atoms with Gasteiger partial charge in [-0.3, -0.25) is 9.89 Å². The third-order valence-corrected chi connectivity index (χ3v) is 3.20. The molecule has 0 aliphatic heterocycles. The monoisotopic (exact) mass is 225 g/mol. The van der Waals surface area contributed by atoms with Gasteiger partial charge >= 0.3 is 0 Å². The van der Waals surface area contributed by atoms with Crippen LogP contribution in [0.5, 0.6) is 0 Å². The second kappa shape index (κ2) is 5.65. The van der Waals surface area contributed by atoms with E-state index in [0.717, 1.165) is 12.8 Å². The number of nitrogens with zero attached hydrogens (tertiary/aromatic N) is 1. The predicted molar refractivity (Wildman–Crippen MR) is 61.0 cm³/mol. The quantitative estimate of drug-likeness (QED) is 0.674. The lowest BCUT2D eigenvalue weighted by Crippen LogP contribution is -2.39. The van der Waals surface area contributed by atoms with Crippen LogP contribution < -0.4 is 5.32 Å². The average molecular weight is 225 g/mol. The molecule has 5 nitrogen and oxygen atoms in total. The number of nitrogens with one attached hydrogen (secondary N) is 2. The summed E-state index contributed by atoms with van der Waals surface area (Å²) in [5.41, 5.74) is 0.231. The fourth-order valence-corrected chi connectivity index (χ4v) is 1.52. The van der Waals surface area contributed by atoms with Crippen molar-refractivity contribution in [2.24, 2.45) is 5.41 Å². The Morgan fingerprint density at radius 2 is 2.25 bits per heavy atom. The molecule has 0 aliphatic rings. The molecule has 1 aromatic rings. The summed E-state index contributed by atoms with van der Waals surface area (Å²) in [5.74, 6) is -0.183. The molecule has 0 spiro atoms. The fraction of sp³-hybridized carbons (Fsp3) is 0.636. The lowest BCUT2D eigenvalue weighted by Gasteiger charge is -2.29. The number of rotatable bonds is 6. The first kappa shape index (κ1) is 12.7. The minimum absolute atomic E-state index is 0.0866. The van der Waals surface area contributed by atoms with Crippen molar-refractivity contribution in [1.82, 2.24) is 15.5 Å². The second-order valence-corrected chi connectivity index (χ2v) is 4.02. The van der Waals surface area contributed by atoms with Gasteiger partial charge in [-0.25, -0.2) is 0 Å². The number of H-pyrrole nitrogens is 1. The Hall–Kier alpha value is -1.36. The van der Waals surface area contributed by atoms with Crippen LogP contribution in [-0.4, -0.2) is 34.4 Å². The first-order chi connectivity index (χ1) is 7.67. The third-order valence-electron chi connectivity index (χ3n) is 3.20. The van der Waals surface area contributed by atoms with E-state index in [2.05, 4.69) is 15.5 Å². The van der Waals surface area contributed by atoms with Gasteiger partial charge in [-0.15, -0.1) is 0 Å². The SMILES string of the molecule is CCC(CC)(CO)CNC(=O)c1ccn[nH]1. The average Bonchev–Trinajstić information content (AvgIpc) is 2.85. The van der Waals surface area contributed by atoms with Gasteiger partial charge in [0.25, 0.3) is 5.91 Å². The van der Waals surface area contributed by atoms with E-state index in [1.165, 1.54) is 6.20 Å². The van der Waals surface area contributed by atoms with Crippen LogP contribution in [0.2, 0.25) is 0 Å². The maximum atomic E-state index is 11.6. The molecular formula is C11H19N3O2. The minimum Gasteiger partial charge on any atom is -0.396 e. The zero-order valence-corrected chi connectivity index (χ0v) is 9.79. The number of aliphatic hydroxyl groups excluding tert-OH is 1.